The fourth-order valence-electron chi connectivity index (χ4n) is 2.31. The Labute approximate surface area is 92.2 Å². The summed E-state index contributed by atoms with van der Waals surface area (Å²) in [5.41, 5.74) is 5.70. The maximum absolute atomic E-state index is 11.7. The van der Waals surface area contributed by atoms with Crippen molar-refractivity contribution >= 4 is 6.03 Å². The van der Waals surface area contributed by atoms with Crippen molar-refractivity contribution in [2.75, 3.05) is 20.1 Å². The molecule has 0 radical (unpaired) electrons. The Morgan fingerprint density at radius 3 is 2.87 bits per heavy atom. The number of carbonyl (C=O) groups excluding carboxylic acids is 1. The molecule has 3 N–H and O–H groups in total. The third kappa shape index (κ3) is 3.09. The van der Waals surface area contributed by atoms with Gasteiger partial charge in [0.1, 0.15) is 0 Å². The molecule has 4 heteroatoms. The number of nitrogens with zero attached hydrogens (tertiary/aromatic N) is 1. The lowest BCUT2D eigenvalue weighted by atomic mass is 10.0. The number of hydrogen-bond donors (Lipinski definition) is 2. The van der Waals surface area contributed by atoms with Crippen LogP contribution < -0.4 is 11.1 Å². The first kappa shape index (κ1) is 12.3. The minimum absolute atomic E-state index is 0.0437. The van der Waals surface area contributed by atoms with E-state index < -0.39 is 0 Å². The number of nitrogens with one attached hydrogen (secondary N) is 1. The number of rotatable bonds is 4. The number of carbonyl (C=O) groups is 1. The number of nitrogens with two attached hydrogens (primary N) is 1. The summed E-state index contributed by atoms with van der Waals surface area (Å²) in [5.74, 6) is 0.488. The van der Waals surface area contributed by atoms with E-state index in [4.69, 9.17) is 5.73 Å². The summed E-state index contributed by atoms with van der Waals surface area (Å²) >= 11 is 0. The second-order valence-corrected chi connectivity index (χ2v) is 4.34. The number of amides is 2. The number of hydrogen-bond acceptors (Lipinski definition) is 2. The Morgan fingerprint density at radius 2 is 2.27 bits per heavy atom. The highest BCUT2D eigenvalue weighted by Gasteiger charge is 2.31. The maximum Gasteiger partial charge on any atom is 0.317 e. The van der Waals surface area contributed by atoms with Crippen molar-refractivity contribution in [3.63, 3.8) is 0 Å². The molecule has 1 rings (SSSR count). The van der Waals surface area contributed by atoms with Gasteiger partial charge >= 0.3 is 6.03 Å². The highest BCUT2D eigenvalue weighted by molar-refractivity contribution is 5.74. The topological polar surface area (TPSA) is 58.4 Å². The molecule has 0 saturated heterocycles. The van der Waals surface area contributed by atoms with Gasteiger partial charge in [0, 0.05) is 19.6 Å². The van der Waals surface area contributed by atoms with Gasteiger partial charge in [-0.15, -0.1) is 0 Å². The van der Waals surface area contributed by atoms with Crippen LogP contribution in [0.1, 0.15) is 32.6 Å². The van der Waals surface area contributed by atoms with Crippen molar-refractivity contribution in [2.24, 2.45) is 11.7 Å². The smallest absolute Gasteiger partial charge is 0.317 e. The van der Waals surface area contributed by atoms with Gasteiger partial charge in [0.15, 0.2) is 0 Å². The molecule has 2 amide bonds. The van der Waals surface area contributed by atoms with E-state index in [1.54, 1.807) is 0 Å². The van der Waals surface area contributed by atoms with Gasteiger partial charge in [0.25, 0.3) is 0 Å². The Kier molecular flexibility index (Phi) is 4.88. The third-order valence-electron chi connectivity index (χ3n) is 3.27. The molecule has 0 aliphatic heterocycles. The average molecular weight is 213 g/mol. The summed E-state index contributed by atoms with van der Waals surface area (Å²) in [4.78, 5) is 13.6. The van der Waals surface area contributed by atoms with Crippen LogP contribution >= 0.6 is 0 Å². The van der Waals surface area contributed by atoms with Crippen molar-refractivity contribution < 1.29 is 4.79 Å². The Hall–Kier alpha value is -0.770. The zero-order chi connectivity index (χ0) is 11.3. The van der Waals surface area contributed by atoms with Gasteiger partial charge in [-0.3, -0.25) is 0 Å². The molecule has 0 spiro atoms. The summed E-state index contributed by atoms with van der Waals surface area (Å²) in [6.07, 6.45) is 4.42. The molecule has 0 aromatic heterocycles. The Morgan fingerprint density at radius 1 is 1.53 bits per heavy atom. The van der Waals surface area contributed by atoms with Crippen LogP contribution in [0.4, 0.5) is 4.79 Å². The van der Waals surface area contributed by atoms with E-state index in [1.165, 1.54) is 6.42 Å². The highest BCUT2D eigenvalue weighted by atomic mass is 16.2. The zero-order valence-corrected chi connectivity index (χ0v) is 9.83. The molecule has 2 atom stereocenters. The molecular formula is C11H23N3O. The van der Waals surface area contributed by atoms with E-state index in [1.807, 2.05) is 11.9 Å². The standard InChI is InChI=1S/C11H23N3O/c1-3-7-13-11(15)14(2)10-6-4-5-9(10)8-12/h9-10H,3-8,12H2,1-2H3,(H,13,15). The van der Waals surface area contributed by atoms with Gasteiger partial charge in [0.2, 0.25) is 0 Å². The molecule has 1 saturated carbocycles. The minimum atomic E-state index is 0.0437. The predicted molar refractivity (Wildman–Crippen MR) is 61.6 cm³/mol. The average Bonchev–Trinajstić information content (AvgIpc) is 2.72. The maximum atomic E-state index is 11.7. The van der Waals surface area contributed by atoms with E-state index in [0.717, 1.165) is 25.8 Å². The van der Waals surface area contributed by atoms with Gasteiger partial charge in [-0.2, -0.15) is 0 Å². The molecule has 1 fully saturated rings. The van der Waals surface area contributed by atoms with E-state index in [9.17, 15) is 4.79 Å². The van der Waals surface area contributed by atoms with Crippen molar-refractivity contribution in [1.29, 1.82) is 0 Å². The van der Waals surface area contributed by atoms with Crippen LogP contribution in [-0.2, 0) is 0 Å². The fraction of sp³-hybridized carbons (Fsp3) is 0.909. The monoisotopic (exact) mass is 213 g/mol. The van der Waals surface area contributed by atoms with E-state index in [0.29, 0.717) is 18.5 Å². The summed E-state index contributed by atoms with van der Waals surface area (Å²) in [5, 5.41) is 2.90. The molecule has 4 nitrogen and oxygen atoms in total. The molecule has 1 aliphatic carbocycles. The van der Waals surface area contributed by atoms with Crippen molar-refractivity contribution in [3.8, 4) is 0 Å². The number of urea groups is 1. The second kappa shape index (κ2) is 5.95. The van der Waals surface area contributed by atoms with Crippen LogP contribution in [0.2, 0.25) is 0 Å². The largest absolute Gasteiger partial charge is 0.338 e. The van der Waals surface area contributed by atoms with Crippen LogP contribution in [0, 0.1) is 5.92 Å². The molecule has 0 aromatic carbocycles. The predicted octanol–water partition coefficient (Wildman–Crippen LogP) is 1.17. The van der Waals surface area contributed by atoms with E-state index in [-0.39, 0.29) is 6.03 Å². The van der Waals surface area contributed by atoms with Crippen molar-refractivity contribution in [3.05, 3.63) is 0 Å². The molecule has 2 unspecified atom stereocenters. The summed E-state index contributed by atoms with van der Waals surface area (Å²) in [6.45, 7) is 3.50. The van der Waals surface area contributed by atoms with Crippen LogP contribution in [0.5, 0.6) is 0 Å². The zero-order valence-electron chi connectivity index (χ0n) is 9.83. The molecule has 0 bridgehead atoms. The van der Waals surface area contributed by atoms with Gasteiger partial charge in [-0.05, 0) is 31.7 Å². The van der Waals surface area contributed by atoms with Crippen molar-refractivity contribution in [2.45, 2.75) is 38.6 Å². The van der Waals surface area contributed by atoms with Gasteiger partial charge in [-0.1, -0.05) is 13.3 Å². The molecule has 15 heavy (non-hydrogen) atoms. The molecule has 0 heterocycles. The summed E-state index contributed by atoms with van der Waals surface area (Å²) < 4.78 is 0. The third-order valence-corrected chi connectivity index (χ3v) is 3.27. The van der Waals surface area contributed by atoms with Gasteiger partial charge < -0.3 is 16.0 Å². The van der Waals surface area contributed by atoms with E-state index >= 15 is 0 Å². The SMILES string of the molecule is CCCNC(=O)N(C)C1CCCC1CN. The molecule has 1 aliphatic rings. The first-order valence-electron chi connectivity index (χ1n) is 5.91. The van der Waals surface area contributed by atoms with Crippen molar-refractivity contribution in [1.82, 2.24) is 10.2 Å². The lowest BCUT2D eigenvalue weighted by Gasteiger charge is -2.29. The lowest BCUT2D eigenvalue weighted by molar-refractivity contribution is 0.177. The molecule has 0 aromatic rings. The van der Waals surface area contributed by atoms with Crippen LogP contribution in [-0.4, -0.2) is 37.1 Å². The minimum Gasteiger partial charge on any atom is -0.338 e. The van der Waals surface area contributed by atoms with Crippen LogP contribution in [0.15, 0.2) is 0 Å². The molecule has 88 valence electrons. The first-order chi connectivity index (χ1) is 7.20. The van der Waals surface area contributed by atoms with Crippen LogP contribution in [0.25, 0.3) is 0 Å². The second-order valence-electron chi connectivity index (χ2n) is 4.34. The Bertz CT molecular complexity index is 208. The quantitative estimate of drug-likeness (QED) is 0.736. The summed E-state index contributed by atoms with van der Waals surface area (Å²) in [6, 6.07) is 0.383. The molecular weight excluding hydrogens is 190 g/mol. The van der Waals surface area contributed by atoms with Gasteiger partial charge in [-0.25, -0.2) is 4.79 Å². The summed E-state index contributed by atoms with van der Waals surface area (Å²) in [7, 11) is 1.88. The lowest BCUT2D eigenvalue weighted by Crippen LogP contribution is -2.46. The normalized spacial score (nSPS) is 25.3. The van der Waals surface area contributed by atoms with Crippen LogP contribution in [0.3, 0.4) is 0 Å². The Balaban J connectivity index is 2.44. The fourth-order valence-corrected chi connectivity index (χ4v) is 2.31. The van der Waals surface area contributed by atoms with Gasteiger partial charge in [0.05, 0.1) is 0 Å². The van der Waals surface area contributed by atoms with E-state index in [2.05, 4.69) is 12.2 Å². The highest BCUT2D eigenvalue weighted by Crippen LogP contribution is 2.28. The first-order valence-corrected chi connectivity index (χ1v) is 5.91.